The summed E-state index contributed by atoms with van der Waals surface area (Å²) in [6.07, 6.45) is 0. The minimum atomic E-state index is 0.0248. The molecule has 1 aliphatic rings. The Bertz CT molecular complexity index is 683. The van der Waals surface area contributed by atoms with Gasteiger partial charge < -0.3 is 5.32 Å². The average Bonchev–Trinajstić information content (AvgIpc) is 2.59. The average molecular weight is 352 g/mol. The molecule has 3 rings (SSSR count). The van der Waals surface area contributed by atoms with Crippen molar-refractivity contribution in [3.8, 4) is 0 Å². The number of halogens is 1. The van der Waals surface area contributed by atoms with Crippen LogP contribution < -0.4 is 5.32 Å². The van der Waals surface area contributed by atoms with Gasteiger partial charge in [-0.1, -0.05) is 28.1 Å². The van der Waals surface area contributed by atoms with Gasteiger partial charge in [0.05, 0.1) is 16.7 Å². The van der Waals surface area contributed by atoms with Crippen LogP contribution in [0.1, 0.15) is 22.1 Å². The van der Waals surface area contributed by atoms with Crippen molar-refractivity contribution >= 4 is 39.4 Å². The maximum Gasteiger partial charge on any atom is 0.235 e. The van der Waals surface area contributed by atoms with Gasteiger partial charge in [-0.2, -0.15) is 5.10 Å². The van der Waals surface area contributed by atoms with Crippen LogP contribution in [0.25, 0.3) is 0 Å². The van der Waals surface area contributed by atoms with Gasteiger partial charge in [0.2, 0.25) is 5.91 Å². The number of nitrogens with zero attached hydrogens (tertiary/aromatic N) is 2. The standard InChI is InChI=1S/C14H14BrN3OS/c1-8-12-13(9-4-3-5-10(15)6-9)20-7-11(19)16-14(12)18(2)17-8/h3-6,13H,7H2,1-2H3,(H,16,19)/t13-/m1/s1. The first kappa shape index (κ1) is 13.7. The zero-order chi connectivity index (χ0) is 14.3. The normalized spacial score (nSPS) is 18.4. The molecule has 1 atom stereocenters. The van der Waals surface area contributed by atoms with Crippen molar-refractivity contribution in [3.05, 3.63) is 45.6 Å². The smallest absolute Gasteiger partial charge is 0.235 e. The van der Waals surface area contributed by atoms with E-state index in [0.717, 1.165) is 21.5 Å². The van der Waals surface area contributed by atoms with Crippen LogP contribution in [0.4, 0.5) is 5.82 Å². The largest absolute Gasteiger partial charge is 0.310 e. The van der Waals surface area contributed by atoms with Crippen molar-refractivity contribution in [2.75, 3.05) is 11.1 Å². The van der Waals surface area contributed by atoms with Crippen LogP contribution in [0.3, 0.4) is 0 Å². The monoisotopic (exact) mass is 351 g/mol. The first-order valence-electron chi connectivity index (χ1n) is 6.26. The minimum absolute atomic E-state index is 0.0248. The fourth-order valence-corrected chi connectivity index (χ4v) is 4.07. The van der Waals surface area contributed by atoms with Crippen LogP contribution in [-0.2, 0) is 11.8 Å². The molecular weight excluding hydrogens is 338 g/mol. The second kappa shape index (κ2) is 5.26. The number of carbonyl (C=O) groups is 1. The third kappa shape index (κ3) is 2.38. The molecule has 1 aromatic carbocycles. The number of rotatable bonds is 1. The van der Waals surface area contributed by atoms with Crippen molar-refractivity contribution < 1.29 is 4.79 Å². The minimum Gasteiger partial charge on any atom is -0.310 e. The van der Waals surface area contributed by atoms with E-state index in [0.29, 0.717) is 5.75 Å². The van der Waals surface area contributed by atoms with Crippen LogP contribution in [0, 0.1) is 6.92 Å². The quantitative estimate of drug-likeness (QED) is 0.857. The molecule has 2 aromatic rings. The third-order valence-corrected chi connectivity index (χ3v) is 5.08. The number of fused-ring (bicyclic) bond motifs is 1. The predicted molar refractivity (Wildman–Crippen MR) is 85.0 cm³/mol. The highest BCUT2D eigenvalue weighted by molar-refractivity contribution is 9.10. The van der Waals surface area contributed by atoms with Crippen molar-refractivity contribution in [1.29, 1.82) is 0 Å². The molecule has 0 bridgehead atoms. The molecule has 0 aliphatic carbocycles. The number of carbonyl (C=O) groups excluding carboxylic acids is 1. The lowest BCUT2D eigenvalue weighted by Gasteiger charge is -2.15. The SMILES string of the molecule is Cc1nn(C)c2c1[C@@H](c1cccc(Br)c1)SCC(=O)N2. The maximum absolute atomic E-state index is 11.9. The van der Waals surface area contributed by atoms with E-state index in [1.807, 2.05) is 26.1 Å². The number of nitrogens with one attached hydrogen (secondary N) is 1. The van der Waals surface area contributed by atoms with E-state index >= 15 is 0 Å². The van der Waals surface area contributed by atoms with Crippen molar-refractivity contribution in [2.45, 2.75) is 12.2 Å². The third-order valence-electron chi connectivity index (χ3n) is 3.32. The van der Waals surface area contributed by atoms with Gasteiger partial charge in [-0.05, 0) is 24.6 Å². The molecule has 0 saturated heterocycles. The van der Waals surface area contributed by atoms with Crippen molar-refractivity contribution in [2.24, 2.45) is 7.05 Å². The van der Waals surface area contributed by atoms with E-state index in [1.54, 1.807) is 16.4 Å². The van der Waals surface area contributed by atoms with Gasteiger partial charge in [0.1, 0.15) is 5.82 Å². The molecule has 20 heavy (non-hydrogen) atoms. The fraction of sp³-hybridized carbons (Fsp3) is 0.286. The molecule has 1 aliphatic heterocycles. The van der Waals surface area contributed by atoms with Crippen molar-refractivity contribution in [1.82, 2.24) is 9.78 Å². The van der Waals surface area contributed by atoms with Crippen LogP contribution in [0.5, 0.6) is 0 Å². The summed E-state index contributed by atoms with van der Waals surface area (Å²) >= 11 is 5.15. The fourth-order valence-electron chi connectivity index (χ4n) is 2.48. The lowest BCUT2D eigenvalue weighted by atomic mass is 10.0. The predicted octanol–water partition coefficient (Wildman–Crippen LogP) is 3.27. The molecule has 1 N–H and O–H groups in total. The maximum atomic E-state index is 11.9. The van der Waals surface area contributed by atoms with E-state index in [2.05, 4.69) is 38.5 Å². The Kier molecular flexibility index (Phi) is 3.60. The Labute approximate surface area is 130 Å². The summed E-state index contributed by atoms with van der Waals surface area (Å²) in [7, 11) is 1.86. The molecule has 0 fully saturated rings. The number of aromatic nitrogens is 2. The van der Waals surface area contributed by atoms with Gasteiger partial charge in [-0.15, -0.1) is 11.8 Å². The molecule has 1 amide bonds. The Morgan fingerprint density at radius 2 is 2.30 bits per heavy atom. The summed E-state index contributed by atoms with van der Waals surface area (Å²) < 4.78 is 2.79. The highest BCUT2D eigenvalue weighted by Crippen LogP contribution is 2.43. The summed E-state index contributed by atoms with van der Waals surface area (Å²) in [5.41, 5.74) is 3.24. The van der Waals surface area contributed by atoms with Crippen LogP contribution in [-0.4, -0.2) is 21.4 Å². The van der Waals surface area contributed by atoms with Crippen LogP contribution in [0.2, 0.25) is 0 Å². The summed E-state index contributed by atoms with van der Waals surface area (Å²) in [4.78, 5) is 11.9. The Balaban J connectivity index is 2.15. The summed E-state index contributed by atoms with van der Waals surface area (Å²) in [6.45, 7) is 1.99. The zero-order valence-electron chi connectivity index (χ0n) is 11.2. The molecule has 0 radical (unpaired) electrons. The van der Waals surface area contributed by atoms with E-state index in [9.17, 15) is 4.79 Å². The van der Waals surface area contributed by atoms with Gasteiger partial charge in [0.15, 0.2) is 0 Å². The molecule has 2 heterocycles. The number of thioether (sulfide) groups is 1. The second-order valence-corrected chi connectivity index (χ2v) is 6.77. The van der Waals surface area contributed by atoms with Gasteiger partial charge >= 0.3 is 0 Å². The Morgan fingerprint density at radius 3 is 3.05 bits per heavy atom. The molecule has 0 unspecified atom stereocenters. The number of aryl methyl sites for hydroxylation is 2. The first-order valence-corrected chi connectivity index (χ1v) is 8.11. The molecule has 0 saturated carbocycles. The van der Waals surface area contributed by atoms with Crippen molar-refractivity contribution in [3.63, 3.8) is 0 Å². The summed E-state index contributed by atoms with van der Waals surface area (Å²) in [6, 6.07) is 8.22. The Hall–Kier alpha value is -1.27. The van der Waals surface area contributed by atoms with Gasteiger partial charge in [-0.3, -0.25) is 9.48 Å². The van der Waals surface area contributed by atoms with Gasteiger partial charge in [-0.25, -0.2) is 0 Å². The van der Waals surface area contributed by atoms with Gasteiger partial charge in [0.25, 0.3) is 0 Å². The zero-order valence-corrected chi connectivity index (χ0v) is 13.6. The number of benzene rings is 1. The topological polar surface area (TPSA) is 46.9 Å². The number of amides is 1. The van der Waals surface area contributed by atoms with E-state index < -0.39 is 0 Å². The second-order valence-electron chi connectivity index (χ2n) is 4.77. The highest BCUT2D eigenvalue weighted by atomic mass is 79.9. The number of hydrogen-bond acceptors (Lipinski definition) is 3. The molecular formula is C14H14BrN3OS. The van der Waals surface area contributed by atoms with E-state index in [-0.39, 0.29) is 11.2 Å². The first-order chi connectivity index (χ1) is 9.56. The summed E-state index contributed by atoms with van der Waals surface area (Å²) in [5, 5.41) is 7.52. The molecule has 6 heteroatoms. The highest BCUT2D eigenvalue weighted by Gasteiger charge is 2.29. The van der Waals surface area contributed by atoms with Gasteiger partial charge in [0, 0.05) is 17.1 Å². The number of anilines is 1. The molecule has 104 valence electrons. The van der Waals surface area contributed by atoms with E-state index in [4.69, 9.17) is 0 Å². The lowest BCUT2D eigenvalue weighted by molar-refractivity contribution is -0.113. The number of hydrogen-bond donors (Lipinski definition) is 1. The van der Waals surface area contributed by atoms with Crippen LogP contribution in [0.15, 0.2) is 28.7 Å². The van der Waals surface area contributed by atoms with E-state index in [1.165, 1.54) is 5.56 Å². The van der Waals surface area contributed by atoms with Crippen LogP contribution >= 0.6 is 27.7 Å². The molecule has 1 aromatic heterocycles. The molecule has 4 nitrogen and oxygen atoms in total. The molecule has 0 spiro atoms. The lowest BCUT2D eigenvalue weighted by Crippen LogP contribution is -2.15. The Morgan fingerprint density at radius 1 is 1.50 bits per heavy atom. The summed E-state index contributed by atoms with van der Waals surface area (Å²) in [5.74, 6) is 1.28.